The lowest BCUT2D eigenvalue weighted by atomic mass is 9.84. The predicted octanol–water partition coefficient (Wildman–Crippen LogP) is 4.56. The van der Waals surface area contributed by atoms with Gasteiger partial charge in [0.1, 0.15) is 0 Å². The largest absolute Gasteiger partial charge is 0.382 e. The van der Waals surface area contributed by atoms with Gasteiger partial charge < -0.3 is 5.32 Å². The average molecular weight is 280 g/mol. The van der Waals surface area contributed by atoms with E-state index in [1.807, 2.05) is 6.20 Å². The first kappa shape index (κ1) is 14.1. The lowest BCUT2D eigenvalue weighted by molar-refractivity contribution is 0.519. The van der Waals surface area contributed by atoms with Gasteiger partial charge in [-0.15, -0.1) is 0 Å². The van der Waals surface area contributed by atoms with E-state index >= 15 is 0 Å². The monoisotopic (exact) mass is 280 g/mol. The second kappa shape index (κ2) is 6.30. The summed E-state index contributed by atoms with van der Waals surface area (Å²) in [7, 11) is 0. The molecule has 21 heavy (non-hydrogen) atoms. The smallest absolute Gasteiger partial charge is 0.0404 e. The molecule has 2 heterocycles. The highest BCUT2D eigenvalue weighted by atomic mass is 14.9. The van der Waals surface area contributed by atoms with Gasteiger partial charge in [-0.1, -0.05) is 31.2 Å². The zero-order valence-electron chi connectivity index (χ0n) is 13.0. The van der Waals surface area contributed by atoms with Crippen LogP contribution in [0.3, 0.4) is 0 Å². The van der Waals surface area contributed by atoms with Crippen LogP contribution < -0.4 is 5.32 Å². The summed E-state index contributed by atoms with van der Waals surface area (Å²) in [6.45, 7) is 4.45. The molecule has 2 unspecified atom stereocenters. The number of para-hydroxylation sites is 1. The molecular formula is C19H24N2. The molecule has 0 saturated carbocycles. The van der Waals surface area contributed by atoms with Gasteiger partial charge in [0.25, 0.3) is 0 Å². The number of aromatic nitrogens is 1. The van der Waals surface area contributed by atoms with Gasteiger partial charge in [-0.2, -0.15) is 0 Å². The number of hydrogen-bond acceptors (Lipinski definition) is 2. The fourth-order valence-electron chi connectivity index (χ4n) is 3.27. The molecule has 0 bridgehead atoms. The van der Waals surface area contributed by atoms with Crippen LogP contribution in [-0.4, -0.2) is 11.0 Å². The molecule has 110 valence electrons. The molecule has 0 spiro atoms. The summed E-state index contributed by atoms with van der Waals surface area (Å²) in [6, 6.07) is 13.7. The first-order chi connectivity index (χ1) is 10.3. The van der Waals surface area contributed by atoms with Crippen LogP contribution in [0.2, 0.25) is 0 Å². The minimum atomic E-state index is 0.556. The number of hydrogen-bond donors (Lipinski definition) is 1. The minimum absolute atomic E-state index is 0.556. The van der Waals surface area contributed by atoms with Gasteiger partial charge in [-0.25, -0.2) is 0 Å². The molecule has 1 aromatic carbocycles. The van der Waals surface area contributed by atoms with E-state index in [0.717, 1.165) is 12.8 Å². The standard InChI is InChI=1S/C19H24N2/c1-3-15-8-10-17(20-13-15)11-9-16-12-14(2)21-19-7-5-4-6-18(16)19/h4-8,10,13-14,16,21H,3,9,11-12H2,1-2H3. The lowest BCUT2D eigenvalue weighted by Gasteiger charge is -2.31. The van der Waals surface area contributed by atoms with Crippen LogP contribution in [0, 0.1) is 0 Å². The zero-order valence-corrected chi connectivity index (χ0v) is 13.0. The molecule has 0 fully saturated rings. The summed E-state index contributed by atoms with van der Waals surface area (Å²) in [6.07, 6.45) is 6.54. The maximum Gasteiger partial charge on any atom is 0.0404 e. The van der Waals surface area contributed by atoms with Crippen LogP contribution in [0.1, 0.15) is 49.4 Å². The van der Waals surface area contributed by atoms with Gasteiger partial charge in [-0.05, 0) is 61.8 Å². The summed E-state index contributed by atoms with van der Waals surface area (Å²) >= 11 is 0. The van der Waals surface area contributed by atoms with Crippen molar-refractivity contribution in [3.8, 4) is 0 Å². The Balaban J connectivity index is 1.70. The van der Waals surface area contributed by atoms with Crippen molar-refractivity contribution in [2.75, 3.05) is 5.32 Å². The Labute approximate surface area is 127 Å². The second-order valence-corrected chi connectivity index (χ2v) is 6.12. The summed E-state index contributed by atoms with van der Waals surface area (Å²) in [5.74, 6) is 0.644. The summed E-state index contributed by atoms with van der Waals surface area (Å²) in [4.78, 5) is 4.59. The van der Waals surface area contributed by atoms with Gasteiger partial charge in [-0.3, -0.25) is 4.98 Å². The number of rotatable bonds is 4. The van der Waals surface area contributed by atoms with Crippen molar-refractivity contribution in [3.05, 3.63) is 59.4 Å². The molecule has 2 atom stereocenters. The number of anilines is 1. The van der Waals surface area contributed by atoms with E-state index in [4.69, 9.17) is 0 Å². The quantitative estimate of drug-likeness (QED) is 0.887. The van der Waals surface area contributed by atoms with Crippen molar-refractivity contribution in [3.63, 3.8) is 0 Å². The Hall–Kier alpha value is -1.83. The molecule has 3 rings (SSSR count). The van der Waals surface area contributed by atoms with Crippen LogP contribution in [0.25, 0.3) is 0 Å². The highest BCUT2D eigenvalue weighted by Crippen LogP contribution is 2.36. The number of benzene rings is 1. The van der Waals surface area contributed by atoms with Crippen molar-refractivity contribution in [1.82, 2.24) is 4.98 Å². The number of fused-ring (bicyclic) bond motifs is 1. The molecule has 0 aliphatic carbocycles. The Morgan fingerprint density at radius 2 is 2.05 bits per heavy atom. The van der Waals surface area contributed by atoms with Crippen molar-refractivity contribution in [2.45, 2.75) is 51.5 Å². The van der Waals surface area contributed by atoms with E-state index in [0.29, 0.717) is 12.0 Å². The molecule has 1 N–H and O–H groups in total. The van der Waals surface area contributed by atoms with Gasteiger partial charge >= 0.3 is 0 Å². The van der Waals surface area contributed by atoms with Crippen LogP contribution in [0.4, 0.5) is 5.69 Å². The normalized spacial score (nSPS) is 20.7. The Kier molecular flexibility index (Phi) is 4.23. The number of nitrogens with one attached hydrogen (secondary N) is 1. The van der Waals surface area contributed by atoms with E-state index < -0.39 is 0 Å². The minimum Gasteiger partial charge on any atom is -0.382 e. The Bertz CT molecular complexity index is 589. The fourth-order valence-corrected chi connectivity index (χ4v) is 3.27. The van der Waals surface area contributed by atoms with Crippen LogP contribution in [0.5, 0.6) is 0 Å². The van der Waals surface area contributed by atoms with E-state index in [-0.39, 0.29) is 0 Å². The second-order valence-electron chi connectivity index (χ2n) is 6.12. The van der Waals surface area contributed by atoms with Crippen LogP contribution in [-0.2, 0) is 12.8 Å². The molecule has 2 heteroatoms. The SMILES string of the molecule is CCc1ccc(CCC2CC(C)Nc3ccccc32)nc1. The molecule has 1 aromatic heterocycles. The summed E-state index contributed by atoms with van der Waals surface area (Å²) in [5.41, 5.74) is 5.33. The highest BCUT2D eigenvalue weighted by molar-refractivity contribution is 5.55. The zero-order chi connectivity index (χ0) is 14.7. The predicted molar refractivity (Wildman–Crippen MR) is 88.8 cm³/mol. The van der Waals surface area contributed by atoms with Gasteiger partial charge in [0.05, 0.1) is 0 Å². The molecule has 0 saturated heterocycles. The van der Waals surface area contributed by atoms with E-state index in [9.17, 15) is 0 Å². The number of aryl methyl sites for hydroxylation is 2. The third kappa shape index (κ3) is 3.26. The van der Waals surface area contributed by atoms with Crippen molar-refractivity contribution in [1.29, 1.82) is 0 Å². The molecule has 1 aliphatic rings. The highest BCUT2D eigenvalue weighted by Gasteiger charge is 2.23. The number of pyridine rings is 1. The maximum absolute atomic E-state index is 4.59. The first-order valence-corrected chi connectivity index (χ1v) is 8.05. The van der Waals surface area contributed by atoms with Crippen LogP contribution in [0.15, 0.2) is 42.6 Å². The lowest BCUT2D eigenvalue weighted by Crippen LogP contribution is -2.25. The third-order valence-electron chi connectivity index (χ3n) is 4.48. The topological polar surface area (TPSA) is 24.9 Å². The Morgan fingerprint density at radius 1 is 1.19 bits per heavy atom. The van der Waals surface area contributed by atoms with E-state index in [1.165, 1.54) is 35.3 Å². The first-order valence-electron chi connectivity index (χ1n) is 8.05. The van der Waals surface area contributed by atoms with Gasteiger partial charge in [0.15, 0.2) is 0 Å². The Morgan fingerprint density at radius 3 is 2.81 bits per heavy atom. The molecule has 2 nitrogen and oxygen atoms in total. The molecule has 0 amide bonds. The van der Waals surface area contributed by atoms with Crippen molar-refractivity contribution < 1.29 is 0 Å². The van der Waals surface area contributed by atoms with E-state index in [2.05, 4.69) is 60.5 Å². The molecule has 1 aliphatic heterocycles. The summed E-state index contributed by atoms with van der Waals surface area (Å²) in [5, 5.41) is 3.59. The number of nitrogens with zero attached hydrogens (tertiary/aromatic N) is 1. The molecule has 2 aromatic rings. The van der Waals surface area contributed by atoms with Crippen molar-refractivity contribution in [2.24, 2.45) is 0 Å². The third-order valence-corrected chi connectivity index (χ3v) is 4.48. The van der Waals surface area contributed by atoms with Crippen LogP contribution >= 0.6 is 0 Å². The van der Waals surface area contributed by atoms with Gasteiger partial charge in [0, 0.05) is 23.6 Å². The summed E-state index contributed by atoms with van der Waals surface area (Å²) < 4.78 is 0. The van der Waals surface area contributed by atoms with Gasteiger partial charge in [0.2, 0.25) is 0 Å². The molecular weight excluding hydrogens is 256 g/mol. The maximum atomic E-state index is 4.59. The average Bonchev–Trinajstić information content (AvgIpc) is 2.53. The fraction of sp³-hybridized carbons (Fsp3) is 0.421. The van der Waals surface area contributed by atoms with E-state index in [1.54, 1.807) is 0 Å². The molecule has 0 radical (unpaired) electrons. The van der Waals surface area contributed by atoms with Crippen molar-refractivity contribution >= 4 is 5.69 Å².